The number of hydrogen-bond acceptors (Lipinski definition) is 6. The van der Waals surface area contributed by atoms with Gasteiger partial charge in [-0.25, -0.2) is 4.98 Å². The minimum atomic E-state index is 0.735. The number of nitrogens with zero attached hydrogens (tertiary/aromatic N) is 6. The maximum Gasteiger partial charge on any atom is 0.152 e. The van der Waals surface area contributed by atoms with Crippen LogP contribution in [0.1, 0.15) is 18.4 Å². The number of nitrogens with one attached hydrogen (secondary N) is 1. The Morgan fingerprint density at radius 1 is 1.32 bits per heavy atom. The van der Waals surface area contributed by atoms with Crippen LogP contribution in [0.15, 0.2) is 18.7 Å². The third-order valence-electron chi connectivity index (χ3n) is 3.19. The fraction of sp³-hybridized carbons (Fsp3) is 0.500. The van der Waals surface area contributed by atoms with Gasteiger partial charge in [0.25, 0.3) is 0 Å². The third kappa shape index (κ3) is 2.55. The van der Waals surface area contributed by atoms with E-state index < -0.39 is 0 Å². The molecule has 7 heteroatoms. The van der Waals surface area contributed by atoms with Crippen molar-refractivity contribution in [2.45, 2.75) is 26.6 Å². The van der Waals surface area contributed by atoms with Crippen LogP contribution in [0.25, 0.3) is 0 Å². The van der Waals surface area contributed by atoms with Crippen LogP contribution < -0.4 is 10.2 Å². The first-order chi connectivity index (χ1) is 9.36. The molecule has 1 aliphatic rings. The second-order valence-corrected chi connectivity index (χ2v) is 4.51. The van der Waals surface area contributed by atoms with E-state index in [1.54, 1.807) is 12.5 Å². The summed E-state index contributed by atoms with van der Waals surface area (Å²) in [6, 6.07) is 0. The summed E-state index contributed by atoms with van der Waals surface area (Å²) in [6.07, 6.45) is 5.39. The van der Waals surface area contributed by atoms with Gasteiger partial charge in [-0.3, -0.25) is 4.98 Å². The standard InChI is InChI=1S/C12H17N7/c1-2-13-5-10-6-14-7-11(16-10)18-3-4-19-9-15-17-12(19)8-18/h6-7,9,13H,2-5,8H2,1H3. The Labute approximate surface area is 111 Å². The van der Waals surface area contributed by atoms with Crippen LogP contribution in [0.2, 0.25) is 0 Å². The molecule has 0 saturated carbocycles. The van der Waals surface area contributed by atoms with Crippen molar-refractivity contribution in [2.24, 2.45) is 0 Å². The van der Waals surface area contributed by atoms with Crippen molar-refractivity contribution in [1.29, 1.82) is 0 Å². The van der Waals surface area contributed by atoms with Crippen molar-refractivity contribution in [1.82, 2.24) is 30.0 Å². The van der Waals surface area contributed by atoms with Crippen LogP contribution in [-0.2, 0) is 19.6 Å². The average molecular weight is 259 g/mol. The first-order valence-electron chi connectivity index (χ1n) is 6.50. The summed E-state index contributed by atoms with van der Waals surface area (Å²) in [5.41, 5.74) is 0.964. The van der Waals surface area contributed by atoms with Crippen molar-refractivity contribution in [3.63, 3.8) is 0 Å². The predicted molar refractivity (Wildman–Crippen MR) is 70.5 cm³/mol. The summed E-state index contributed by atoms with van der Waals surface area (Å²) in [5, 5.41) is 11.3. The van der Waals surface area contributed by atoms with Crippen molar-refractivity contribution in [3.05, 3.63) is 30.2 Å². The van der Waals surface area contributed by atoms with E-state index >= 15 is 0 Å². The minimum Gasteiger partial charge on any atom is -0.346 e. The van der Waals surface area contributed by atoms with Crippen LogP contribution in [0, 0.1) is 0 Å². The molecule has 0 amide bonds. The van der Waals surface area contributed by atoms with Gasteiger partial charge in [0, 0.05) is 25.8 Å². The molecule has 0 bridgehead atoms. The molecule has 1 aliphatic heterocycles. The molecule has 0 spiro atoms. The number of aromatic nitrogens is 5. The highest BCUT2D eigenvalue weighted by Gasteiger charge is 2.18. The van der Waals surface area contributed by atoms with Gasteiger partial charge in [-0.1, -0.05) is 6.92 Å². The fourth-order valence-electron chi connectivity index (χ4n) is 2.15. The van der Waals surface area contributed by atoms with Crippen molar-refractivity contribution in [3.8, 4) is 0 Å². The Morgan fingerprint density at radius 2 is 2.26 bits per heavy atom. The van der Waals surface area contributed by atoms with Crippen LogP contribution in [0.4, 0.5) is 5.82 Å². The molecule has 2 aromatic rings. The van der Waals surface area contributed by atoms with Crippen molar-refractivity contribution >= 4 is 5.82 Å². The van der Waals surface area contributed by atoms with E-state index in [-0.39, 0.29) is 0 Å². The van der Waals surface area contributed by atoms with E-state index in [1.807, 2.05) is 6.20 Å². The van der Waals surface area contributed by atoms with Crippen molar-refractivity contribution < 1.29 is 0 Å². The predicted octanol–water partition coefficient (Wildman–Crippen LogP) is 0.198. The number of hydrogen-bond donors (Lipinski definition) is 1. The molecule has 7 nitrogen and oxygen atoms in total. The molecule has 0 fully saturated rings. The summed E-state index contributed by atoms with van der Waals surface area (Å²) < 4.78 is 2.08. The van der Waals surface area contributed by atoms with E-state index in [9.17, 15) is 0 Å². The maximum atomic E-state index is 4.63. The third-order valence-corrected chi connectivity index (χ3v) is 3.19. The highest BCUT2D eigenvalue weighted by atomic mass is 15.3. The van der Waals surface area contributed by atoms with Gasteiger partial charge in [0.2, 0.25) is 0 Å². The van der Waals surface area contributed by atoms with E-state index in [4.69, 9.17) is 0 Å². The lowest BCUT2D eigenvalue weighted by Gasteiger charge is -2.27. The molecule has 0 unspecified atom stereocenters. The van der Waals surface area contributed by atoms with Gasteiger partial charge < -0.3 is 14.8 Å². The van der Waals surface area contributed by atoms with E-state index in [1.165, 1.54) is 0 Å². The zero-order valence-corrected chi connectivity index (χ0v) is 11.0. The molecule has 0 aromatic carbocycles. The molecule has 2 aromatic heterocycles. The van der Waals surface area contributed by atoms with E-state index in [0.29, 0.717) is 0 Å². The van der Waals surface area contributed by atoms with Crippen LogP contribution >= 0.6 is 0 Å². The SMILES string of the molecule is CCNCc1cncc(N2CCn3cnnc3C2)n1. The molecule has 3 heterocycles. The molecule has 0 atom stereocenters. The monoisotopic (exact) mass is 259 g/mol. The molecule has 0 saturated heterocycles. The van der Waals surface area contributed by atoms with E-state index in [2.05, 4.69) is 41.9 Å². The quantitative estimate of drug-likeness (QED) is 0.845. The lowest BCUT2D eigenvalue weighted by atomic mass is 10.3. The molecule has 19 heavy (non-hydrogen) atoms. The molecular formula is C12H17N7. The Hall–Kier alpha value is -2.02. The maximum absolute atomic E-state index is 4.63. The summed E-state index contributed by atoms with van der Waals surface area (Å²) in [7, 11) is 0. The van der Waals surface area contributed by atoms with Gasteiger partial charge >= 0.3 is 0 Å². The summed E-state index contributed by atoms with van der Waals surface area (Å²) in [6.45, 7) is 6.29. The van der Waals surface area contributed by atoms with Gasteiger partial charge in [-0.15, -0.1) is 10.2 Å². The first kappa shape index (κ1) is 12.0. The minimum absolute atomic E-state index is 0.735. The largest absolute Gasteiger partial charge is 0.346 e. The zero-order chi connectivity index (χ0) is 13.1. The fourth-order valence-corrected chi connectivity index (χ4v) is 2.15. The summed E-state index contributed by atoms with van der Waals surface area (Å²) in [4.78, 5) is 11.1. The van der Waals surface area contributed by atoms with Gasteiger partial charge in [0.1, 0.15) is 12.1 Å². The smallest absolute Gasteiger partial charge is 0.152 e. The first-order valence-corrected chi connectivity index (χ1v) is 6.50. The Morgan fingerprint density at radius 3 is 3.16 bits per heavy atom. The lowest BCUT2D eigenvalue weighted by molar-refractivity contribution is 0.554. The van der Waals surface area contributed by atoms with Crippen LogP contribution in [0.5, 0.6) is 0 Å². The van der Waals surface area contributed by atoms with Gasteiger partial charge in [-0.05, 0) is 6.54 Å². The molecule has 0 aliphatic carbocycles. The second kappa shape index (κ2) is 5.31. The number of rotatable bonds is 4. The van der Waals surface area contributed by atoms with Gasteiger partial charge in [-0.2, -0.15) is 0 Å². The Bertz CT molecular complexity index is 551. The zero-order valence-electron chi connectivity index (χ0n) is 11.0. The molecule has 1 N–H and O–H groups in total. The topological polar surface area (TPSA) is 71.8 Å². The van der Waals surface area contributed by atoms with Crippen LogP contribution in [-0.4, -0.2) is 37.8 Å². The lowest BCUT2D eigenvalue weighted by Crippen LogP contribution is -2.34. The number of fused-ring (bicyclic) bond motifs is 1. The van der Waals surface area contributed by atoms with E-state index in [0.717, 1.165) is 50.1 Å². The molecule has 100 valence electrons. The average Bonchev–Trinajstić information content (AvgIpc) is 2.92. The highest BCUT2D eigenvalue weighted by Crippen LogP contribution is 2.16. The Kier molecular flexibility index (Phi) is 3.37. The number of anilines is 1. The highest BCUT2D eigenvalue weighted by molar-refractivity contribution is 5.37. The molecular weight excluding hydrogens is 242 g/mol. The normalized spacial score (nSPS) is 14.5. The second-order valence-electron chi connectivity index (χ2n) is 4.51. The van der Waals surface area contributed by atoms with Crippen molar-refractivity contribution in [2.75, 3.05) is 18.0 Å². The summed E-state index contributed by atoms with van der Waals surface area (Å²) >= 11 is 0. The molecule has 0 radical (unpaired) electrons. The van der Waals surface area contributed by atoms with Gasteiger partial charge in [0.05, 0.1) is 18.4 Å². The summed E-state index contributed by atoms with van der Waals surface area (Å²) in [5.74, 6) is 1.88. The van der Waals surface area contributed by atoms with Crippen LogP contribution in [0.3, 0.4) is 0 Å². The molecule has 3 rings (SSSR count). The Balaban J connectivity index is 1.76. The van der Waals surface area contributed by atoms with Gasteiger partial charge in [0.15, 0.2) is 5.82 Å².